The van der Waals surface area contributed by atoms with Crippen molar-refractivity contribution in [1.82, 2.24) is 0 Å². The Bertz CT molecular complexity index is 600. The maximum Gasteiger partial charge on any atom is 0.200 e. The van der Waals surface area contributed by atoms with Crippen molar-refractivity contribution in [2.75, 3.05) is 12.0 Å². The second-order valence-corrected chi connectivity index (χ2v) is 3.98. The molecule has 0 radical (unpaired) electrons. The molecule has 1 N–H and O–H groups in total. The van der Waals surface area contributed by atoms with Crippen LogP contribution in [0.4, 0.5) is 14.5 Å². The SMILES string of the molecule is CCOc1cc(C=NNc2ccccc2)cc(F)c1F. The van der Waals surface area contributed by atoms with Gasteiger partial charge in [-0.15, -0.1) is 0 Å². The van der Waals surface area contributed by atoms with E-state index in [2.05, 4.69) is 10.5 Å². The van der Waals surface area contributed by atoms with Crippen molar-refractivity contribution in [2.24, 2.45) is 5.10 Å². The lowest BCUT2D eigenvalue weighted by Crippen LogP contribution is -1.99. The van der Waals surface area contributed by atoms with Gasteiger partial charge in [0.2, 0.25) is 5.82 Å². The van der Waals surface area contributed by atoms with Crippen LogP contribution in [-0.4, -0.2) is 12.8 Å². The fourth-order valence-electron chi connectivity index (χ4n) is 1.61. The molecule has 0 heterocycles. The minimum absolute atomic E-state index is 0.117. The Kier molecular flexibility index (Phi) is 4.65. The average molecular weight is 276 g/mol. The van der Waals surface area contributed by atoms with Crippen molar-refractivity contribution in [2.45, 2.75) is 6.92 Å². The molecule has 0 aliphatic rings. The fraction of sp³-hybridized carbons (Fsp3) is 0.133. The minimum Gasteiger partial charge on any atom is -0.491 e. The van der Waals surface area contributed by atoms with E-state index in [-0.39, 0.29) is 12.4 Å². The molecule has 3 nitrogen and oxygen atoms in total. The molecule has 0 aromatic heterocycles. The first-order valence-corrected chi connectivity index (χ1v) is 6.16. The van der Waals surface area contributed by atoms with Crippen molar-refractivity contribution in [1.29, 1.82) is 0 Å². The summed E-state index contributed by atoms with van der Waals surface area (Å²) < 4.78 is 31.8. The predicted molar refractivity (Wildman–Crippen MR) is 75.2 cm³/mol. The summed E-state index contributed by atoms with van der Waals surface area (Å²) >= 11 is 0. The lowest BCUT2D eigenvalue weighted by atomic mass is 10.2. The highest BCUT2D eigenvalue weighted by Gasteiger charge is 2.10. The van der Waals surface area contributed by atoms with E-state index < -0.39 is 11.6 Å². The Morgan fingerprint density at radius 2 is 1.95 bits per heavy atom. The number of hydrogen-bond donors (Lipinski definition) is 1. The summed E-state index contributed by atoms with van der Waals surface area (Å²) in [6.07, 6.45) is 1.40. The van der Waals surface area contributed by atoms with E-state index in [0.29, 0.717) is 5.56 Å². The number of halogens is 2. The second-order valence-electron chi connectivity index (χ2n) is 3.98. The van der Waals surface area contributed by atoms with E-state index in [1.165, 1.54) is 12.3 Å². The van der Waals surface area contributed by atoms with Crippen LogP contribution in [0.25, 0.3) is 0 Å². The summed E-state index contributed by atoms with van der Waals surface area (Å²) in [6.45, 7) is 1.97. The molecule has 5 heteroatoms. The van der Waals surface area contributed by atoms with Crippen LogP contribution < -0.4 is 10.2 Å². The number of hydrazone groups is 1. The Morgan fingerprint density at radius 3 is 2.65 bits per heavy atom. The van der Waals surface area contributed by atoms with E-state index >= 15 is 0 Å². The molecule has 0 fully saturated rings. The number of nitrogens with one attached hydrogen (secondary N) is 1. The molecule has 2 aromatic rings. The molecule has 0 bridgehead atoms. The molecular formula is C15H14F2N2O. The fourth-order valence-corrected chi connectivity index (χ4v) is 1.61. The third-order valence-corrected chi connectivity index (χ3v) is 2.50. The van der Waals surface area contributed by atoms with Crippen LogP contribution in [-0.2, 0) is 0 Å². The summed E-state index contributed by atoms with van der Waals surface area (Å²) in [5.74, 6) is -2.06. The van der Waals surface area contributed by atoms with Crippen LogP contribution in [0.5, 0.6) is 5.75 Å². The quantitative estimate of drug-likeness (QED) is 0.665. The third kappa shape index (κ3) is 3.54. The first-order valence-electron chi connectivity index (χ1n) is 6.16. The molecule has 0 amide bonds. The van der Waals surface area contributed by atoms with Gasteiger partial charge in [0.05, 0.1) is 18.5 Å². The Labute approximate surface area is 115 Å². The topological polar surface area (TPSA) is 33.6 Å². The van der Waals surface area contributed by atoms with Gasteiger partial charge in [0.15, 0.2) is 11.6 Å². The van der Waals surface area contributed by atoms with E-state index in [0.717, 1.165) is 11.8 Å². The van der Waals surface area contributed by atoms with Gasteiger partial charge in [-0.05, 0) is 31.2 Å². The highest BCUT2D eigenvalue weighted by Crippen LogP contribution is 2.21. The lowest BCUT2D eigenvalue weighted by Gasteiger charge is -2.06. The number of nitrogens with zero attached hydrogens (tertiary/aromatic N) is 1. The molecule has 0 unspecified atom stereocenters. The van der Waals surface area contributed by atoms with Gasteiger partial charge in [0, 0.05) is 5.56 Å². The molecule has 104 valence electrons. The number of rotatable bonds is 5. The van der Waals surface area contributed by atoms with Crippen molar-refractivity contribution >= 4 is 11.9 Å². The summed E-state index contributed by atoms with van der Waals surface area (Å²) in [4.78, 5) is 0. The van der Waals surface area contributed by atoms with Gasteiger partial charge in [0.25, 0.3) is 0 Å². The number of hydrogen-bond acceptors (Lipinski definition) is 3. The maximum atomic E-state index is 13.4. The number of para-hydroxylation sites is 1. The third-order valence-electron chi connectivity index (χ3n) is 2.50. The van der Waals surface area contributed by atoms with E-state index in [1.54, 1.807) is 6.92 Å². The Hall–Kier alpha value is -2.43. The Morgan fingerprint density at radius 1 is 1.20 bits per heavy atom. The summed E-state index contributed by atoms with van der Waals surface area (Å²) in [5.41, 5.74) is 4.01. The van der Waals surface area contributed by atoms with Crippen LogP contribution in [0, 0.1) is 11.6 Å². The van der Waals surface area contributed by atoms with E-state index in [4.69, 9.17) is 4.74 Å². The molecule has 0 spiro atoms. The molecular weight excluding hydrogens is 262 g/mol. The number of benzene rings is 2. The molecule has 20 heavy (non-hydrogen) atoms. The van der Waals surface area contributed by atoms with Crippen LogP contribution >= 0.6 is 0 Å². The van der Waals surface area contributed by atoms with Crippen molar-refractivity contribution in [3.05, 3.63) is 59.7 Å². The first-order chi connectivity index (χ1) is 9.70. The average Bonchev–Trinajstić information content (AvgIpc) is 2.45. The van der Waals surface area contributed by atoms with Gasteiger partial charge in [-0.25, -0.2) is 4.39 Å². The molecule has 2 rings (SSSR count). The molecule has 0 saturated carbocycles. The van der Waals surface area contributed by atoms with Crippen molar-refractivity contribution in [3.8, 4) is 5.75 Å². The zero-order valence-corrected chi connectivity index (χ0v) is 10.9. The van der Waals surface area contributed by atoms with E-state index in [1.807, 2.05) is 30.3 Å². The van der Waals surface area contributed by atoms with Crippen LogP contribution in [0.3, 0.4) is 0 Å². The zero-order valence-electron chi connectivity index (χ0n) is 10.9. The molecule has 0 aliphatic heterocycles. The highest BCUT2D eigenvalue weighted by molar-refractivity contribution is 5.81. The monoisotopic (exact) mass is 276 g/mol. The van der Waals surface area contributed by atoms with Gasteiger partial charge < -0.3 is 4.74 Å². The van der Waals surface area contributed by atoms with Gasteiger partial charge in [0.1, 0.15) is 0 Å². The summed E-state index contributed by atoms with van der Waals surface area (Å²) in [6, 6.07) is 11.8. The summed E-state index contributed by atoms with van der Waals surface area (Å²) in [5, 5.41) is 3.96. The molecule has 2 aromatic carbocycles. The predicted octanol–water partition coefficient (Wildman–Crippen LogP) is 3.81. The van der Waals surface area contributed by atoms with Gasteiger partial charge in [-0.1, -0.05) is 18.2 Å². The van der Waals surface area contributed by atoms with Crippen molar-refractivity contribution < 1.29 is 13.5 Å². The number of ether oxygens (including phenoxy) is 1. The molecule has 0 aliphatic carbocycles. The van der Waals surface area contributed by atoms with Gasteiger partial charge in [-0.3, -0.25) is 5.43 Å². The second kappa shape index (κ2) is 6.65. The standard InChI is InChI=1S/C15H14F2N2O/c1-2-20-14-9-11(8-13(16)15(14)17)10-18-19-12-6-4-3-5-7-12/h3-10,19H,2H2,1H3. The molecule has 0 atom stereocenters. The minimum atomic E-state index is -0.986. The normalized spacial score (nSPS) is 10.8. The highest BCUT2D eigenvalue weighted by atomic mass is 19.2. The Balaban J connectivity index is 2.13. The van der Waals surface area contributed by atoms with Gasteiger partial charge >= 0.3 is 0 Å². The number of anilines is 1. The first kappa shape index (κ1) is 14.0. The van der Waals surface area contributed by atoms with Crippen LogP contribution in [0.15, 0.2) is 47.6 Å². The van der Waals surface area contributed by atoms with Crippen molar-refractivity contribution in [3.63, 3.8) is 0 Å². The zero-order chi connectivity index (χ0) is 14.4. The van der Waals surface area contributed by atoms with Gasteiger partial charge in [-0.2, -0.15) is 9.49 Å². The maximum absolute atomic E-state index is 13.4. The molecule has 0 saturated heterocycles. The summed E-state index contributed by atoms with van der Waals surface area (Å²) in [7, 11) is 0. The van der Waals surface area contributed by atoms with Crippen LogP contribution in [0.1, 0.15) is 12.5 Å². The lowest BCUT2D eigenvalue weighted by molar-refractivity contribution is 0.314. The largest absolute Gasteiger partial charge is 0.491 e. The smallest absolute Gasteiger partial charge is 0.200 e. The van der Waals surface area contributed by atoms with E-state index in [9.17, 15) is 8.78 Å². The van der Waals surface area contributed by atoms with Crippen LogP contribution in [0.2, 0.25) is 0 Å².